The van der Waals surface area contributed by atoms with Crippen molar-refractivity contribution < 1.29 is 14.3 Å². The van der Waals surface area contributed by atoms with Gasteiger partial charge in [-0.25, -0.2) is 4.98 Å². The smallest absolute Gasteiger partial charge is 0.258 e. The molecule has 1 fully saturated rings. The topological polar surface area (TPSA) is 80.3 Å². The van der Waals surface area contributed by atoms with Crippen molar-refractivity contribution in [3.05, 3.63) is 54.6 Å². The van der Waals surface area contributed by atoms with Gasteiger partial charge in [-0.15, -0.1) is 11.3 Å². The summed E-state index contributed by atoms with van der Waals surface area (Å²) >= 11 is 1.61. The predicted octanol–water partition coefficient (Wildman–Crippen LogP) is 3.06. The maximum atomic E-state index is 12.1. The van der Waals surface area contributed by atoms with Crippen molar-refractivity contribution in [3.8, 4) is 5.75 Å². The number of carbonyl (C=O) groups excluding carboxylic acids is 2. The summed E-state index contributed by atoms with van der Waals surface area (Å²) in [6.07, 6.45) is 0. The molecule has 4 rings (SSSR count). The Labute approximate surface area is 167 Å². The van der Waals surface area contributed by atoms with Crippen molar-refractivity contribution in [2.24, 2.45) is 0 Å². The third kappa shape index (κ3) is 4.37. The van der Waals surface area contributed by atoms with E-state index in [1.807, 2.05) is 42.5 Å². The number of ether oxygens (including phenoxy) is 1. The van der Waals surface area contributed by atoms with Crippen molar-refractivity contribution in [1.29, 1.82) is 0 Å². The minimum Gasteiger partial charge on any atom is -0.484 e. The number of thiazole rings is 1. The Kier molecular flexibility index (Phi) is 5.51. The monoisotopic (exact) mass is 417 g/mol. The zero-order valence-electron chi connectivity index (χ0n) is 14.0. The number of benzene rings is 2. The number of aromatic nitrogens is 1. The molecule has 0 aliphatic carbocycles. The van der Waals surface area contributed by atoms with Crippen LogP contribution in [0.25, 0.3) is 10.2 Å². The number of β-lactam (4-membered cyclic amide) rings is 1. The molecule has 27 heavy (non-hydrogen) atoms. The summed E-state index contributed by atoms with van der Waals surface area (Å²) in [5.74, 6) is 0.0998. The van der Waals surface area contributed by atoms with Gasteiger partial charge in [0, 0.05) is 0 Å². The number of fused-ring (bicyclic) bond motifs is 1. The van der Waals surface area contributed by atoms with E-state index in [4.69, 9.17) is 4.74 Å². The van der Waals surface area contributed by atoms with E-state index in [2.05, 4.69) is 15.6 Å². The summed E-state index contributed by atoms with van der Waals surface area (Å²) in [5.41, 5.74) is 0.964. The van der Waals surface area contributed by atoms with Crippen LogP contribution in [-0.2, 0) is 9.59 Å². The number of para-hydroxylation sites is 2. The summed E-state index contributed by atoms with van der Waals surface area (Å²) in [4.78, 5) is 28.4. The molecule has 2 atom stereocenters. The van der Waals surface area contributed by atoms with Crippen molar-refractivity contribution in [3.63, 3.8) is 0 Å². The van der Waals surface area contributed by atoms with Crippen molar-refractivity contribution in [1.82, 2.24) is 15.6 Å². The lowest BCUT2D eigenvalue weighted by Crippen LogP contribution is -2.67. The number of nitrogens with zero attached hydrogens (tertiary/aromatic N) is 1. The lowest BCUT2D eigenvalue weighted by atomic mass is 10.1. The third-order valence-corrected chi connectivity index (χ3v) is 7.76. The second kappa shape index (κ2) is 8.20. The Morgan fingerprint density at radius 3 is 2.74 bits per heavy atom. The first-order valence-electron chi connectivity index (χ1n) is 8.15. The highest BCUT2D eigenvalue weighted by Crippen LogP contribution is 2.40. The Hall–Kier alpha value is -2.23. The fraction of sp³-hybridized carbons (Fsp3) is 0.167. The molecule has 0 unspecified atom stereocenters. The highest BCUT2D eigenvalue weighted by molar-refractivity contribution is 8.77. The number of carbonyl (C=O) groups is 2. The number of rotatable bonds is 7. The van der Waals surface area contributed by atoms with E-state index in [0.717, 1.165) is 14.6 Å². The maximum Gasteiger partial charge on any atom is 0.258 e. The highest BCUT2D eigenvalue weighted by Gasteiger charge is 2.41. The molecule has 1 aliphatic heterocycles. The highest BCUT2D eigenvalue weighted by atomic mass is 33.1. The summed E-state index contributed by atoms with van der Waals surface area (Å²) in [6, 6.07) is 16.5. The Morgan fingerprint density at radius 2 is 1.96 bits per heavy atom. The van der Waals surface area contributed by atoms with Crippen LogP contribution in [0.3, 0.4) is 0 Å². The predicted molar refractivity (Wildman–Crippen MR) is 109 cm³/mol. The first-order chi connectivity index (χ1) is 13.2. The summed E-state index contributed by atoms with van der Waals surface area (Å²) in [5, 5.41) is 5.32. The van der Waals surface area contributed by atoms with Gasteiger partial charge in [0.05, 0.1) is 10.2 Å². The molecule has 1 aromatic heterocycles. The number of hydrogen-bond donors (Lipinski definition) is 2. The number of nitrogens with one attached hydrogen (secondary N) is 2. The Bertz CT molecular complexity index is 931. The van der Waals surface area contributed by atoms with E-state index in [9.17, 15) is 9.59 Å². The third-order valence-electron chi connectivity index (χ3n) is 3.80. The molecule has 2 N–H and O–H groups in total. The molecule has 3 aromatic rings. The lowest BCUT2D eigenvalue weighted by Gasteiger charge is -2.35. The average Bonchev–Trinajstić information content (AvgIpc) is 3.11. The van der Waals surface area contributed by atoms with Gasteiger partial charge in [-0.2, -0.15) is 0 Å². The van der Waals surface area contributed by atoms with Crippen LogP contribution in [0.1, 0.15) is 0 Å². The molecule has 6 nitrogen and oxygen atoms in total. The minimum atomic E-state index is -0.566. The number of hydrogen-bond acceptors (Lipinski definition) is 7. The molecule has 2 aromatic carbocycles. The fourth-order valence-corrected chi connectivity index (χ4v) is 6.13. The van der Waals surface area contributed by atoms with Crippen molar-refractivity contribution in [2.75, 3.05) is 6.61 Å². The van der Waals surface area contributed by atoms with Crippen LogP contribution in [0.5, 0.6) is 5.75 Å². The first kappa shape index (κ1) is 18.1. The molecule has 2 heterocycles. The van der Waals surface area contributed by atoms with Gasteiger partial charge < -0.3 is 15.4 Å². The van der Waals surface area contributed by atoms with Crippen molar-refractivity contribution in [2.45, 2.75) is 15.8 Å². The quantitative estimate of drug-likeness (QED) is 0.454. The maximum absolute atomic E-state index is 12.1. The SMILES string of the molecule is O=C(COc1ccccc1)N[C@@H]1C(=O)N[C@@H]1SSc1nc2ccccc2s1. The summed E-state index contributed by atoms with van der Waals surface area (Å²) < 4.78 is 7.45. The van der Waals surface area contributed by atoms with Crippen LogP contribution < -0.4 is 15.4 Å². The normalized spacial score (nSPS) is 18.6. The number of amides is 2. The largest absolute Gasteiger partial charge is 0.484 e. The van der Waals surface area contributed by atoms with E-state index in [1.165, 1.54) is 21.6 Å². The summed E-state index contributed by atoms with van der Waals surface area (Å²) in [7, 11) is 2.98. The van der Waals surface area contributed by atoms with Gasteiger partial charge in [-0.05, 0) is 35.1 Å². The van der Waals surface area contributed by atoms with Gasteiger partial charge >= 0.3 is 0 Å². The minimum absolute atomic E-state index is 0.129. The van der Waals surface area contributed by atoms with Crippen LogP contribution in [0.15, 0.2) is 58.9 Å². The van der Waals surface area contributed by atoms with E-state index in [0.29, 0.717) is 5.75 Å². The van der Waals surface area contributed by atoms with Crippen LogP contribution in [0.4, 0.5) is 0 Å². The molecule has 9 heteroatoms. The molecule has 138 valence electrons. The molecule has 1 saturated heterocycles. The van der Waals surface area contributed by atoms with Gasteiger partial charge in [0.1, 0.15) is 17.2 Å². The van der Waals surface area contributed by atoms with E-state index >= 15 is 0 Å². The van der Waals surface area contributed by atoms with Gasteiger partial charge in [-0.3, -0.25) is 9.59 Å². The standard InChI is InChI=1S/C18H15N3O3S3/c22-14(10-24-11-6-2-1-3-7-11)20-15-16(23)21-17(15)26-27-18-19-12-8-4-5-9-13(12)25-18/h1-9,15,17H,10H2,(H,20,22)(H,21,23)/t15-,17-/m1/s1. The van der Waals surface area contributed by atoms with Crippen LogP contribution in [-0.4, -0.2) is 34.8 Å². The zero-order chi connectivity index (χ0) is 18.6. The van der Waals surface area contributed by atoms with Crippen molar-refractivity contribution >= 4 is 55.0 Å². The molecule has 0 bridgehead atoms. The zero-order valence-corrected chi connectivity index (χ0v) is 16.4. The molecule has 0 spiro atoms. The lowest BCUT2D eigenvalue weighted by molar-refractivity contribution is -0.134. The van der Waals surface area contributed by atoms with E-state index in [1.54, 1.807) is 23.5 Å². The Morgan fingerprint density at radius 1 is 1.19 bits per heavy atom. The van der Waals surface area contributed by atoms with Gasteiger partial charge in [0.15, 0.2) is 10.9 Å². The van der Waals surface area contributed by atoms with E-state index in [-0.39, 0.29) is 23.8 Å². The Balaban J connectivity index is 1.27. The van der Waals surface area contributed by atoms with Crippen LogP contribution in [0.2, 0.25) is 0 Å². The average molecular weight is 418 g/mol. The second-order valence-electron chi connectivity index (χ2n) is 5.70. The molecular weight excluding hydrogens is 402 g/mol. The van der Waals surface area contributed by atoms with Crippen LogP contribution >= 0.6 is 32.9 Å². The van der Waals surface area contributed by atoms with E-state index < -0.39 is 6.04 Å². The molecule has 0 radical (unpaired) electrons. The van der Waals surface area contributed by atoms with Gasteiger partial charge in [0.2, 0.25) is 5.91 Å². The van der Waals surface area contributed by atoms with Gasteiger partial charge in [0.25, 0.3) is 5.91 Å². The molecule has 0 saturated carbocycles. The molecular formula is C18H15N3O3S3. The molecule has 1 aliphatic rings. The summed E-state index contributed by atoms with van der Waals surface area (Å²) in [6.45, 7) is -0.129. The van der Waals surface area contributed by atoms with Gasteiger partial charge in [-0.1, -0.05) is 41.1 Å². The first-order valence-corrected chi connectivity index (χ1v) is 11.2. The fourth-order valence-electron chi connectivity index (χ4n) is 2.44. The van der Waals surface area contributed by atoms with Crippen LogP contribution in [0, 0.1) is 0 Å². The molecule has 2 amide bonds. The second-order valence-corrected chi connectivity index (χ2v) is 9.32.